The molecule has 3 nitrogen and oxygen atoms in total. The summed E-state index contributed by atoms with van der Waals surface area (Å²) >= 11 is 0. The minimum atomic E-state index is -0.668. The molecule has 0 radical (unpaired) electrons. The maximum Gasteiger partial charge on any atom is 0.113 e. The van der Waals surface area contributed by atoms with Crippen LogP contribution in [0.4, 0.5) is 4.39 Å². The van der Waals surface area contributed by atoms with E-state index in [1.54, 1.807) is 0 Å². The van der Waals surface area contributed by atoms with Crippen LogP contribution in [0.2, 0.25) is 0 Å². The highest BCUT2D eigenvalue weighted by atomic mass is 19.1. The standard InChI is InChI=1S/C18H35FN2O/c1-17(2,3)20-10-7-9-16(13-20)22-14-18(4,5)21-11-6-8-15(19)12-21/h15-16H,6-14H2,1-5H3. The highest BCUT2D eigenvalue weighted by Crippen LogP contribution is 2.25. The van der Waals surface area contributed by atoms with Crippen molar-refractivity contribution in [2.75, 3.05) is 32.8 Å². The number of hydrogen-bond donors (Lipinski definition) is 0. The Labute approximate surface area is 136 Å². The molecule has 0 aromatic carbocycles. The van der Waals surface area contributed by atoms with Gasteiger partial charge < -0.3 is 4.74 Å². The zero-order valence-electron chi connectivity index (χ0n) is 15.2. The Balaban J connectivity index is 1.83. The van der Waals surface area contributed by atoms with E-state index in [0.29, 0.717) is 19.3 Å². The van der Waals surface area contributed by atoms with Gasteiger partial charge in [0.2, 0.25) is 0 Å². The summed E-state index contributed by atoms with van der Waals surface area (Å²) in [6.07, 6.45) is 3.69. The van der Waals surface area contributed by atoms with Gasteiger partial charge in [0.05, 0.1) is 12.7 Å². The molecule has 0 saturated carbocycles. The van der Waals surface area contributed by atoms with Crippen molar-refractivity contribution in [3.63, 3.8) is 0 Å². The van der Waals surface area contributed by atoms with Crippen LogP contribution in [0.15, 0.2) is 0 Å². The Kier molecular flexibility index (Phi) is 5.89. The van der Waals surface area contributed by atoms with Crippen molar-refractivity contribution in [1.82, 2.24) is 9.80 Å². The first-order valence-corrected chi connectivity index (χ1v) is 8.94. The minimum absolute atomic E-state index is 0.0746. The van der Waals surface area contributed by atoms with Gasteiger partial charge in [-0.05, 0) is 73.4 Å². The molecule has 2 atom stereocenters. The van der Waals surface area contributed by atoms with Crippen molar-refractivity contribution in [2.45, 2.75) is 83.7 Å². The molecule has 130 valence electrons. The normalized spacial score (nSPS) is 29.7. The van der Waals surface area contributed by atoms with Crippen molar-refractivity contribution >= 4 is 0 Å². The van der Waals surface area contributed by atoms with E-state index in [1.165, 1.54) is 13.0 Å². The van der Waals surface area contributed by atoms with Gasteiger partial charge in [-0.1, -0.05) is 0 Å². The lowest BCUT2D eigenvalue weighted by atomic mass is 9.97. The second-order valence-electron chi connectivity index (χ2n) is 8.69. The molecule has 22 heavy (non-hydrogen) atoms. The van der Waals surface area contributed by atoms with Crippen LogP contribution in [-0.2, 0) is 4.74 Å². The third kappa shape index (κ3) is 4.90. The number of likely N-dealkylation sites (tertiary alicyclic amines) is 2. The number of ether oxygens (including phenoxy) is 1. The van der Waals surface area contributed by atoms with Crippen molar-refractivity contribution in [3.05, 3.63) is 0 Å². The van der Waals surface area contributed by atoms with Gasteiger partial charge in [-0.2, -0.15) is 0 Å². The fourth-order valence-electron chi connectivity index (χ4n) is 3.57. The summed E-state index contributed by atoms with van der Waals surface area (Å²) in [4.78, 5) is 4.79. The highest BCUT2D eigenvalue weighted by Gasteiger charge is 2.34. The number of rotatable bonds is 4. The van der Waals surface area contributed by atoms with Gasteiger partial charge in [-0.15, -0.1) is 0 Å². The zero-order valence-corrected chi connectivity index (χ0v) is 15.2. The molecule has 0 aliphatic carbocycles. The highest BCUT2D eigenvalue weighted by molar-refractivity contribution is 4.88. The van der Waals surface area contributed by atoms with Crippen molar-refractivity contribution in [2.24, 2.45) is 0 Å². The second-order valence-corrected chi connectivity index (χ2v) is 8.69. The Bertz CT molecular complexity index is 353. The SMILES string of the molecule is CC(C)(C)N1CCCC(OCC(C)(C)N2CCCC(F)C2)C1. The summed E-state index contributed by atoms with van der Waals surface area (Å²) in [7, 11) is 0. The van der Waals surface area contributed by atoms with Gasteiger partial charge in [0.15, 0.2) is 0 Å². The second kappa shape index (κ2) is 7.14. The van der Waals surface area contributed by atoms with Gasteiger partial charge in [0, 0.05) is 24.2 Å². The third-order valence-electron chi connectivity index (χ3n) is 5.22. The minimum Gasteiger partial charge on any atom is -0.375 e. The van der Waals surface area contributed by atoms with Crippen LogP contribution in [0.5, 0.6) is 0 Å². The average Bonchev–Trinajstić information content (AvgIpc) is 2.45. The lowest BCUT2D eigenvalue weighted by molar-refractivity contribution is -0.0727. The van der Waals surface area contributed by atoms with Gasteiger partial charge in [0.25, 0.3) is 0 Å². The molecule has 0 bridgehead atoms. The van der Waals surface area contributed by atoms with E-state index >= 15 is 0 Å². The van der Waals surface area contributed by atoms with Crippen LogP contribution < -0.4 is 0 Å². The summed E-state index contributed by atoms with van der Waals surface area (Å²) in [5, 5.41) is 0. The van der Waals surface area contributed by atoms with E-state index < -0.39 is 6.17 Å². The number of piperidine rings is 2. The molecule has 4 heteroatoms. The number of nitrogens with zero attached hydrogens (tertiary/aromatic N) is 2. The van der Waals surface area contributed by atoms with Crippen LogP contribution in [0.25, 0.3) is 0 Å². The number of hydrogen-bond acceptors (Lipinski definition) is 3. The summed E-state index contributed by atoms with van der Waals surface area (Å²) in [6.45, 7) is 15.6. The topological polar surface area (TPSA) is 15.7 Å². The molecular formula is C18H35FN2O. The van der Waals surface area contributed by atoms with Crippen LogP contribution in [-0.4, -0.2) is 65.9 Å². The van der Waals surface area contributed by atoms with E-state index in [4.69, 9.17) is 4.74 Å². The predicted octanol–water partition coefficient (Wildman–Crippen LogP) is 3.48. The van der Waals surface area contributed by atoms with E-state index in [9.17, 15) is 4.39 Å². The Morgan fingerprint density at radius 1 is 0.955 bits per heavy atom. The monoisotopic (exact) mass is 314 g/mol. The fraction of sp³-hybridized carbons (Fsp3) is 1.00. The summed E-state index contributed by atoms with van der Waals surface area (Å²) in [6, 6.07) is 0. The third-order valence-corrected chi connectivity index (χ3v) is 5.22. The number of alkyl halides is 1. The zero-order chi connectivity index (χ0) is 16.4. The Morgan fingerprint density at radius 3 is 2.23 bits per heavy atom. The van der Waals surface area contributed by atoms with Crippen LogP contribution in [0.1, 0.15) is 60.3 Å². The molecular weight excluding hydrogens is 279 g/mol. The fourth-order valence-corrected chi connectivity index (χ4v) is 3.57. The molecule has 0 spiro atoms. The average molecular weight is 314 g/mol. The maximum absolute atomic E-state index is 13.7. The van der Waals surface area contributed by atoms with E-state index in [0.717, 1.165) is 32.4 Å². The molecule has 2 fully saturated rings. The molecule has 2 aliphatic heterocycles. The molecule has 2 unspecified atom stereocenters. The molecule has 2 heterocycles. The van der Waals surface area contributed by atoms with E-state index in [2.05, 4.69) is 44.4 Å². The number of halogens is 1. The van der Waals surface area contributed by atoms with Crippen LogP contribution in [0, 0.1) is 0 Å². The summed E-state index contributed by atoms with van der Waals surface area (Å²) in [5.74, 6) is 0. The van der Waals surface area contributed by atoms with Gasteiger partial charge in [-0.25, -0.2) is 4.39 Å². The van der Waals surface area contributed by atoms with E-state index in [-0.39, 0.29) is 11.1 Å². The predicted molar refractivity (Wildman–Crippen MR) is 90.1 cm³/mol. The molecule has 0 aromatic rings. The lowest BCUT2D eigenvalue weighted by Gasteiger charge is -2.44. The first-order valence-electron chi connectivity index (χ1n) is 8.94. The molecule has 0 amide bonds. The van der Waals surface area contributed by atoms with Gasteiger partial charge in [0.1, 0.15) is 6.17 Å². The largest absolute Gasteiger partial charge is 0.375 e. The summed E-state index contributed by atoms with van der Waals surface area (Å²) < 4.78 is 19.9. The van der Waals surface area contributed by atoms with Crippen molar-refractivity contribution in [1.29, 1.82) is 0 Å². The molecule has 2 aliphatic rings. The molecule has 0 N–H and O–H groups in total. The lowest BCUT2D eigenvalue weighted by Crippen LogP contribution is -2.54. The molecule has 0 aromatic heterocycles. The smallest absolute Gasteiger partial charge is 0.113 e. The van der Waals surface area contributed by atoms with Gasteiger partial charge in [-0.3, -0.25) is 9.80 Å². The van der Waals surface area contributed by atoms with Crippen molar-refractivity contribution in [3.8, 4) is 0 Å². The van der Waals surface area contributed by atoms with E-state index in [1.807, 2.05) is 0 Å². The molecule has 2 saturated heterocycles. The quantitative estimate of drug-likeness (QED) is 0.790. The maximum atomic E-state index is 13.7. The Morgan fingerprint density at radius 2 is 1.59 bits per heavy atom. The van der Waals surface area contributed by atoms with Crippen molar-refractivity contribution < 1.29 is 9.13 Å². The van der Waals surface area contributed by atoms with Gasteiger partial charge >= 0.3 is 0 Å². The molecule has 2 rings (SSSR count). The first kappa shape index (κ1) is 18.2. The Hall–Kier alpha value is -0.190. The summed E-state index contributed by atoms with van der Waals surface area (Å²) in [5.41, 5.74) is 0.140. The van der Waals surface area contributed by atoms with Crippen LogP contribution in [0.3, 0.4) is 0 Å². The first-order chi connectivity index (χ1) is 10.2. The van der Waals surface area contributed by atoms with Crippen LogP contribution >= 0.6 is 0 Å².